The van der Waals surface area contributed by atoms with E-state index >= 15 is 0 Å². The van der Waals surface area contributed by atoms with E-state index in [0.717, 1.165) is 6.54 Å². The van der Waals surface area contributed by atoms with Gasteiger partial charge in [0.25, 0.3) is 0 Å². The van der Waals surface area contributed by atoms with E-state index in [9.17, 15) is 0 Å². The van der Waals surface area contributed by atoms with Crippen LogP contribution in [-0.4, -0.2) is 21.9 Å². The second-order valence-electron chi connectivity index (χ2n) is 8.72. The quantitative estimate of drug-likeness (QED) is 0.287. The number of hydrogen-bond donors (Lipinski definition) is 0. The van der Waals surface area contributed by atoms with Crippen molar-refractivity contribution >= 4 is 49.9 Å². The minimum absolute atomic E-state index is 1.05. The highest BCUT2D eigenvalue weighted by Crippen LogP contribution is 2.34. The Labute approximate surface area is 188 Å². The van der Waals surface area contributed by atoms with Crippen LogP contribution in [0.25, 0.3) is 38.5 Å². The number of aromatic nitrogens is 1. The molecule has 0 aliphatic carbocycles. The van der Waals surface area contributed by atoms with Crippen molar-refractivity contribution in [3.05, 3.63) is 95.9 Å². The molecule has 5 aromatic rings. The lowest BCUT2D eigenvalue weighted by Gasteiger charge is -2.05. The van der Waals surface area contributed by atoms with Crippen molar-refractivity contribution in [2.45, 2.75) is 26.3 Å². The van der Waals surface area contributed by atoms with Crippen LogP contribution in [0.15, 0.2) is 84.9 Å². The molecule has 0 N–H and O–H groups in total. The van der Waals surface area contributed by atoms with Gasteiger partial charge in [0.1, 0.15) is 7.05 Å². The Bertz CT molecular complexity index is 1600. The van der Waals surface area contributed by atoms with Gasteiger partial charge in [0, 0.05) is 40.3 Å². The molecule has 0 saturated heterocycles. The zero-order valence-electron chi connectivity index (χ0n) is 18.7. The summed E-state index contributed by atoms with van der Waals surface area (Å²) in [4.78, 5) is 0. The van der Waals surface area contributed by atoms with Crippen LogP contribution in [0.1, 0.15) is 25.3 Å². The molecule has 156 valence electrons. The van der Waals surface area contributed by atoms with Gasteiger partial charge in [-0.15, -0.1) is 0 Å². The maximum Gasteiger partial charge on any atom is 0.214 e. The average Bonchev–Trinajstić information content (AvgIpc) is 3.28. The average molecular weight is 416 g/mol. The predicted molar refractivity (Wildman–Crippen MR) is 137 cm³/mol. The standard InChI is InChI=1S/C30H27N2/c1-3-4-20-32-26(24-15-6-11-22-13-8-19-28(32)30(22)24)17-9-16-25-23-14-5-10-21-12-7-18-27(29(21)23)31(25)2/h5-19H,3-4,20H2,1-2H3/q+1. The number of benzene rings is 4. The van der Waals surface area contributed by atoms with Gasteiger partial charge in [-0.3, -0.25) is 0 Å². The molecule has 0 saturated carbocycles. The van der Waals surface area contributed by atoms with Crippen LogP contribution < -0.4 is 5.35 Å². The summed E-state index contributed by atoms with van der Waals surface area (Å²) < 4.78 is 4.82. The van der Waals surface area contributed by atoms with Crippen LogP contribution >= 0.6 is 0 Å². The Morgan fingerprint density at radius 2 is 1.56 bits per heavy atom. The van der Waals surface area contributed by atoms with Gasteiger partial charge in [-0.25, -0.2) is 0 Å². The molecule has 0 spiro atoms. The van der Waals surface area contributed by atoms with E-state index in [-0.39, 0.29) is 0 Å². The van der Waals surface area contributed by atoms with Gasteiger partial charge in [0.05, 0.1) is 10.9 Å². The largest absolute Gasteiger partial charge is 0.340 e. The lowest BCUT2D eigenvalue weighted by molar-refractivity contribution is -0.399. The van der Waals surface area contributed by atoms with Crippen LogP contribution in [0.2, 0.25) is 0 Å². The molecule has 0 fully saturated rings. The molecular weight excluding hydrogens is 388 g/mol. The third-order valence-electron chi connectivity index (χ3n) is 6.87. The molecule has 0 amide bonds. The lowest BCUT2D eigenvalue weighted by atomic mass is 10.0. The van der Waals surface area contributed by atoms with E-state index in [0.29, 0.717) is 0 Å². The molecule has 2 heterocycles. The molecule has 0 bridgehead atoms. The Balaban J connectivity index is 1.52. The first-order valence-electron chi connectivity index (χ1n) is 11.6. The minimum Gasteiger partial charge on any atom is -0.340 e. The number of rotatable bonds is 5. The van der Waals surface area contributed by atoms with Crippen molar-refractivity contribution in [1.82, 2.24) is 4.57 Å². The van der Waals surface area contributed by atoms with E-state index in [1.807, 2.05) is 0 Å². The summed E-state index contributed by atoms with van der Waals surface area (Å²) in [5, 5.41) is 8.01. The molecule has 0 atom stereocenters. The van der Waals surface area contributed by atoms with Gasteiger partial charge in [-0.05, 0) is 35.4 Å². The Morgan fingerprint density at radius 3 is 2.38 bits per heavy atom. The van der Waals surface area contributed by atoms with E-state index in [2.05, 4.69) is 114 Å². The fourth-order valence-corrected chi connectivity index (χ4v) is 5.33. The number of hydrogen-bond acceptors (Lipinski definition) is 0. The van der Waals surface area contributed by atoms with Crippen molar-refractivity contribution in [3.63, 3.8) is 0 Å². The van der Waals surface area contributed by atoms with E-state index in [4.69, 9.17) is 0 Å². The molecule has 1 aliphatic heterocycles. The predicted octanol–water partition coefficient (Wildman–Crippen LogP) is 6.58. The van der Waals surface area contributed by atoms with Crippen LogP contribution in [0.5, 0.6) is 0 Å². The summed E-state index contributed by atoms with van der Waals surface area (Å²) in [6.45, 7) is 3.31. The summed E-state index contributed by atoms with van der Waals surface area (Å²) in [5.74, 6) is 0. The van der Waals surface area contributed by atoms with Crippen molar-refractivity contribution in [3.8, 4) is 0 Å². The first kappa shape index (κ1) is 19.1. The Hall–Kier alpha value is -3.65. The topological polar surface area (TPSA) is 7.94 Å². The van der Waals surface area contributed by atoms with Crippen molar-refractivity contribution < 1.29 is 4.58 Å². The monoisotopic (exact) mass is 415 g/mol. The summed E-state index contributed by atoms with van der Waals surface area (Å²) in [5.41, 5.74) is 5.19. The molecule has 32 heavy (non-hydrogen) atoms. The van der Waals surface area contributed by atoms with Gasteiger partial charge in [0.15, 0.2) is 0 Å². The molecule has 1 aliphatic rings. The lowest BCUT2D eigenvalue weighted by Crippen LogP contribution is -2.16. The molecule has 2 nitrogen and oxygen atoms in total. The van der Waals surface area contributed by atoms with Crippen molar-refractivity contribution in [1.29, 1.82) is 0 Å². The van der Waals surface area contributed by atoms with Crippen LogP contribution in [0.4, 0.5) is 5.69 Å². The third-order valence-corrected chi connectivity index (χ3v) is 6.87. The van der Waals surface area contributed by atoms with Crippen LogP contribution in [0, 0.1) is 0 Å². The SMILES string of the molecule is CCCCn1/c(=C\C=C\C2=[N+](C)c3cccc4cccc2c34)c2cccc3cccc1c32. The summed E-state index contributed by atoms with van der Waals surface area (Å²) >= 11 is 0. The second kappa shape index (κ2) is 7.49. The fraction of sp³-hybridized carbons (Fsp3) is 0.167. The smallest absolute Gasteiger partial charge is 0.214 e. The molecule has 0 radical (unpaired) electrons. The molecular formula is C30H27N2+. The van der Waals surface area contributed by atoms with Crippen molar-refractivity contribution in [2.24, 2.45) is 0 Å². The Morgan fingerprint density at radius 1 is 0.844 bits per heavy atom. The first-order chi connectivity index (χ1) is 15.8. The van der Waals surface area contributed by atoms with Crippen LogP contribution in [-0.2, 0) is 6.54 Å². The number of aryl methyl sites for hydroxylation is 1. The van der Waals surface area contributed by atoms with Gasteiger partial charge in [0.2, 0.25) is 11.4 Å². The number of unbranched alkanes of at least 4 members (excludes halogenated alkanes) is 1. The van der Waals surface area contributed by atoms with Gasteiger partial charge >= 0.3 is 0 Å². The summed E-state index contributed by atoms with van der Waals surface area (Å²) in [6, 6.07) is 26.5. The first-order valence-corrected chi connectivity index (χ1v) is 11.6. The van der Waals surface area contributed by atoms with Gasteiger partial charge < -0.3 is 4.57 Å². The number of allylic oxidation sites excluding steroid dienone is 2. The highest BCUT2D eigenvalue weighted by molar-refractivity contribution is 6.19. The van der Waals surface area contributed by atoms with Crippen LogP contribution in [0.3, 0.4) is 0 Å². The maximum absolute atomic E-state index is 2.50. The summed E-state index contributed by atoms with van der Waals surface area (Å²) in [7, 11) is 2.17. The Kier molecular flexibility index (Phi) is 4.46. The highest BCUT2D eigenvalue weighted by atomic mass is 15.0. The molecule has 0 unspecified atom stereocenters. The summed E-state index contributed by atoms with van der Waals surface area (Å²) in [6.07, 6.45) is 9.17. The normalized spacial score (nSPS) is 14.2. The molecule has 4 aromatic carbocycles. The maximum atomic E-state index is 2.50. The van der Waals surface area contributed by atoms with Gasteiger partial charge in [-0.2, -0.15) is 4.58 Å². The van der Waals surface area contributed by atoms with Gasteiger partial charge in [-0.1, -0.05) is 74.0 Å². The number of nitrogens with zero attached hydrogens (tertiary/aromatic N) is 2. The zero-order chi connectivity index (χ0) is 21.7. The second-order valence-corrected chi connectivity index (χ2v) is 8.72. The third kappa shape index (κ3) is 2.76. The molecule has 2 heteroatoms. The zero-order valence-corrected chi connectivity index (χ0v) is 18.7. The fourth-order valence-electron chi connectivity index (χ4n) is 5.33. The van der Waals surface area contributed by atoms with E-state index in [1.165, 1.54) is 67.6 Å². The van der Waals surface area contributed by atoms with E-state index < -0.39 is 0 Å². The molecule has 6 rings (SSSR count). The molecule has 1 aromatic heterocycles. The van der Waals surface area contributed by atoms with Crippen molar-refractivity contribution in [2.75, 3.05) is 7.05 Å². The highest BCUT2D eigenvalue weighted by Gasteiger charge is 2.27. The van der Waals surface area contributed by atoms with E-state index in [1.54, 1.807) is 0 Å². The minimum atomic E-state index is 1.05.